The quantitative estimate of drug-likeness (QED) is 0.895. The summed E-state index contributed by atoms with van der Waals surface area (Å²) in [6.07, 6.45) is 1.57. The second-order valence-electron chi connectivity index (χ2n) is 4.97. The summed E-state index contributed by atoms with van der Waals surface area (Å²) in [7, 11) is -1.08. The zero-order valence-corrected chi connectivity index (χ0v) is 13.4. The van der Waals surface area contributed by atoms with Crippen molar-refractivity contribution in [3.63, 3.8) is 0 Å². The van der Waals surface area contributed by atoms with Crippen molar-refractivity contribution in [1.82, 2.24) is 5.32 Å². The van der Waals surface area contributed by atoms with Gasteiger partial charge in [0.25, 0.3) is 0 Å². The fraction of sp³-hybridized carbons (Fsp3) is 0.188. The van der Waals surface area contributed by atoms with Crippen LogP contribution in [0.4, 0.5) is 19.3 Å². The third-order valence-corrected chi connectivity index (χ3v) is 4.17. The van der Waals surface area contributed by atoms with E-state index in [4.69, 9.17) is 0 Å². The minimum atomic E-state index is -1.08. The van der Waals surface area contributed by atoms with Gasteiger partial charge in [0.1, 0.15) is 0 Å². The number of rotatable bonds is 4. The van der Waals surface area contributed by atoms with Gasteiger partial charge in [-0.05, 0) is 48.9 Å². The van der Waals surface area contributed by atoms with E-state index >= 15 is 0 Å². The summed E-state index contributed by atoms with van der Waals surface area (Å²) in [5, 5.41) is 5.25. The smallest absolute Gasteiger partial charge is 0.319 e. The van der Waals surface area contributed by atoms with Crippen molar-refractivity contribution in [2.75, 3.05) is 11.6 Å². The Bertz CT molecular complexity index is 735. The molecule has 0 fully saturated rings. The Balaban J connectivity index is 1.98. The summed E-state index contributed by atoms with van der Waals surface area (Å²) in [6, 6.07) is 9.09. The summed E-state index contributed by atoms with van der Waals surface area (Å²) >= 11 is 0. The summed E-state index contributed by atoms with van der Waals surface area (Å²) in [4.78, 5) is 12.6. The number of benzene rings is 2. The highest BCUT2D eigenvalue weighted by Crippen LogP contribution is 2.17. The van der Waals surface area contributed by atoms with Gasteiger partial charge in [0.2, 0.25) is 0 Å². The maximum Gasteiger partial charge on any atom is 0.319 e. The Labute approximate surface area is 135 Å². The third kappa shape index (κ3) is 4.59. The highest BCUT2D eigenvalue weighted by atomic mass is 32.2. The molecular formula is C16H16F2N2O2S. The predicted octanol–water partition coefficient (Wildman–Crippen LogP) is 3.58. The monoisotopic (exact) mass is 338 g/mol. The molecule has 2 N–H and O–H groups in total. The molecule has 2 atom stereocenters. The Morgan fingerprint density at radius 2 is 1.74 bits per heavy atom. The number of anilines is 1. The topological polar surface area (TPSA) is 58.2 Å². The molecule has 23 heavy (non-hydrogen) atoms. The van der Waals surface area contributed by atoms with E-state index in [2.05, 4.69) is 10.6 Å². The molecule has 0 aliphatic rings. The first-order valence-electron chi connectivity index (χ1n) is 6.83. The van der Waals surface area contributed by atoms with Crippen LogP contribution in [0.5, 0.6) is 0 Å². The second kappa shape index (κ2) is 7.32. The van der Waals surface area contributed by atoms with Crippen LogP contribution in [-0.2, 0) is 10.8 Å². The van der Waals surface area contributed by atoms with E-state index in [0.29, 0.717) is 16.1 Å². The number of amides is 2. The van der Waals surface area contributed by atoms with Crippen molar-refractivity contribution in [2.45, 2.75) is 17.9 Å². The molecule has 4 nitrogen and oxygen atoms in total. The van der Waals surface area contributed by atoms with Gasteiger partial charge in [-0.2, -0.15) is 0 Å². The lowest BCUT2D eigenvalue weighted by Gasteiger charge is -2.15. The highest BCUT2D eigenvalue weighted by molar-refractivity contribution is 7.84. The van der Waals surface area contributed by atoms with Gasteiger partial charge in [-0.3, -0.25) is 4.21 Å². The standard InChI is InChI=1S/C16H16F2N2O2S/c1-10(11-3-8-14(17)15(18)9-11)19-16(21)20-12-4-6-13(7-5-12)23(2)22/h3-10H,1-2H3,(H2,19,20,21). The van der Waals surface area contributed by atoms with Crippen LogP contribution in [0.3, 0.4) is 0 Å². The molecule has 0 aromatic heterocycles. The fourth-order valence-electron chi connectivity index (χ4n) is 1.96. The molecule has 122 valence electrons. The lowest BCUT2D eigenvalue weighted by atomic mass is 10.1. The van der Waals surface area contributed by atoms with Crippen LogP contribution in [0.1, 0.15) is 18.5 Å². The van der Waals surface area contributed by atoms with Crippen LogP contribution in [0.25, 0.3) is 0 Å². The van der Waals surface area contributed by atoms with Crippen LogP contribution >= 0.6 is 0 Å². The molecule has 7 heteroatoms. The van der Waals surface area contributed by atoms with Crippen LogP contribution in [-0.4, -0.2) is 16.5 Å². The van der Waals surface area contributed by atoms with E-state index in [1.54, 1.807) is 37.4 Å². The third-order valence-electron chi connectivity index (χ3n) is 3.24. The van der Waals surface area contributed by atoms with Crippen molar-refractivity contribution in [3.05, 3.63) is 59.7 Å². The normalized spacial score (nSPS) is 13.2. The molecule has 0 aliphatic heterocycles. The number of carbonyl (C=O) groups is 1. The van der Waals surface area contributed by atoms with Crippen molar-refractivity contribution in [3.8, 4) is 0 Å². The van der Waals surface area contributed by atoms with Crippen molar-refractivity contribution in [2.24, 2.45) is 0 Å². The van der Waals surface area contributed by atoms with Crippen LogP contribution in [0.2, 0.25) is 0 Å². The first-order chi connectivity index (χ1) is 10.9. The average Bonchev–Trinajstić information content (AvgIpc) is 2.50. The zero-order chi connectivity index (χ0) is 17.0. The summed E-state index contributed by atoms with van der Waals surface area (Å²) < 4.78 is 37.4. The van der Waals surface area contributed by atoms with E-state index < -0.39 is 34.5 Å². The van der Waals surface area contributed by atoms with E-state index in [-0.39, 0.29) is 0 Å². The van der Waals surface area contributed by atoms with Crippen LogP contribution in [0.15, 0.2) is 47.4 Å². The van der Waals surface area contributed by atoms with Crippen LogP contribution in [0, 0.1) is 11.6 Å². The fourth-order valence-corrected chi connectivity index (χ4v) is 2.48. The first-order valence-corrected chi connectivity index (χ1v) is 8.38. The SMILES string of the molecule is CC(NC(=O)Nc1ccc(S(C)=O)cc1)c1ccc(F)c(F)c1. The largest absolute Gasteiger partial charge is 0.331 e. The number of halogens is 2. The van der Waals surface area contributed by atoms with Gasteiger partial charge in [-0.25, -0.2) is 13.6 Å². The van der Waals surface area contributed by atoms with Gasteiger partial charge >= 0.3 is 6.03 Å². The van der Waals surface area contributed by atoms with Gasteiger partial charge in [0.15, 0.2) is 11.6 Å². The summed E-state index contributed by atoms with van der Waals surface area (Å²) in [5.74, 6) is -1.89. The first kappa shape index (κ1) is 17.1. The Kier molecular flexibility index (Phi) is 5.44. The van der Waals surface area contributed by atoms with E-state index in [0.717, 1.165) is 12.1 Å². The molecule has 0 heterocycles. The van der Waals surface area contributed by atoms with E-state index in [9.17, 15) is 17.8 Å². The second-order valence-corrected chi connectivity index (χ2v) is 6.35. The number of hydrogen-bond acceptors (Lipinski definition) is 2. The zero-order valence-electron chi connectivity index (χ0n) is 12.6. The predicted molar refractivity (Wildman–Crippen MR) is 85.7 cm³/mol. The molecule has 0 bridgehead atoms. The number of nitrogens with one attached hydrogen (secondary N) is 2. The number of urea groups is 1. The molecular weight excluding hydrogens is 322 g/mol. The van der Waals surface area contributed by atoms with Gasteiger partial charge in [-0.1, -0.05) is 6.07 Å². The lowest BCUT2D eigenvalue weighted by molar-refractivity contribution is 0.249. The Hall–Kier alpha value is -2.28. The Morgan fingerprint density at radius 3 is 2.30 bits per heavy atom. The molecule has 0 aliphatic carbocycles. The minimum Gasteiger partial charge on any atom is -0.331 e. The lowest BCUT2D eigenvalue weighted by Crippen LogP contribution is -2.31. The summed E-state index contributed by atoms with van der Waals surface area (Å²) in [5.41, 5.74) is 0.991. The highest BCUT2D eigenvalue weighted by Gasteiger charge is 2.12. The van der Waals surface area contributed by atoms with Crippen LogP contribution < -0.4 is 10.6 Å². The summed E-state index contributed by atoms with van der Waals surface area (Å²) in [6.45, 7) is 1.66. The van der Waals surface area contributed by atoms with Crippen molar-refractivity contribution >= 4 is 22.5 Å². The van der Waals surface area contributed by atoms with E-state index in [1.165, 1.54) is 6.07 Å². The van der Waals surface area contributed by atoms with Gasteiger partial charge in [-0.15, -0.1) is 0 Å². The molecule has 2 amide bonds. The van der Waals surface area contributed by atoms with Crippen molar-refractivity contribution < 1.29 is 17.8 Å². The Morgan fingerprint density at radius 1 is 1.09 bits per heavy atom. The molecule has 0 spiro atoms. The maximum atomic E-state index is 13.2. The van der Waals surface area contributed by atoms with Gasteiger partial charge in [0.05, 0.1) is 6.04 Å². The molecule has 0 radical (unpaired) electrons. The number of carbonyl (C=O) groups excluding carboxylic acids is 1. The minimum absolute atomic E-state index is 0.454. The molecule has 0 saturated heterocycles. The molecule has 2 aromatic carbocycles. The average molecular weight is 338 g/mol. The molecule has 0 saturated carbocycles. The molecule has 2 rings (SSSR count). The maximum absolute atomic E-state index is 13.2. The molecule has 2 aromatic rings. The van der Waals surface area contributed by atoms with E-state index in [1.807, 2.05) is 0 Å². The van der Waals surface area contributed by atoms with Crippen molar-refractivity contribution in [1.29, 1.82) is 0 Å². The van der Waals surface area contributed by atoms with Gasteiger partial charge < -0.3 is 10.6 Å². The molecule has 2 unspecified atom stereocenters. The number of hydrogen-bond donors (Lipinski definition) is 2. The van der Waals surface area contributed by atoms with Gasteiger partial charge in [0, 0.05) is 27.6 Å².